The van der Waals surface area contributed by atoms with Crippen molar-refractivity contribution < 1.29 is 14.0 Å². The summed E-state index contributed by atoms with van der Waals surface area (Å²) in [5, 5.41) is 13.6. The number of aryl methyl sites for hydroxylation is 2. The lowest BCUT2D eigenvalue weighted by Gasteiger charge is -2.13. The summed E-state index contributed by atoms with van der Waals surface area (Å²) in [5.74, 6) is 1.58. The second kappa shape index (κ2) is 8.50. The Bertz CT molecular complexity index is 969. The molecule has 8 heteroatoms. The first-order valence-electron chi connectivity index (χ1n) is 8.74. The smallest absolute Gasteiger partial charge is 0.344 e. The van der Waals surface area contributed by atoms with Gasteiger partial charge in [-0.2, -0.15) is 15.6 Å². The molecule has 1 aliphatic rings. The van der Waals surface area contributed by atoms with Crippen LogP contribution < -0.4 is 14.8 Å². The van der Waals surface area contributed by atoms with Crippen molar-refractivity contribution in [1.82, 2.24) is 10.3 Å². The van der Waals surface area contributed by atoms with Crippen molar-refractivity contribution >= 4 is 27.7 Å². The maximum Gasteiger partial charge on any atom is 0.344 e. The van der Waals surface area contributed by atoms with Crippen LogP contribution in [0.1, 0.15) is 28.8 Å². The van der Waals surface area contributed by atoms with Gasteiger partial charge in [0.15, 0.2) is 5.75 Å². The maximum atomic E-state index is 12.9. The lowest BCUT2D eigenvalue weighted by molar-refractivity contribution is 0.407. The van der Waals surface area contributed by atoms with Gasteiger partial charge < -0.3 is 14.0 Å². The minimum atomic E-state index is -1.46. The van der Waals surface area contributed by atoms with Crippen molar-refractivity contribution in [1.29, 1.82) is 5.26 Å². The number of methoxy groups -OCH3 is 2. The zero-order chi connectivity index (χ0) is 20.3. The first kappa shape index (κ1) is 20.0. The Hall–Kier alpha value is -2.76. The zero-order valence-electron chi connectivity index (χ0n) is 16.3. The number of aromatic nitrogens is 1. The van der Waals surface area contributed by atoms with E-state index in [-0.39, 0.29) is 10.9 Å². The molecule has 0 bridgehead atoms. The molecule has 1 aromatic carbocycles. The zero-order valence-corrected chi connectivity index (χ0v) is 17.1. The van der Waals surface area contributed by atoms with Crippen LogP contribution in [-0.2, 0) is 23.3 Å². The number of aliphatic imine (C=N–C) groups is 1. The van der Waals surface area contributed by atoms with E-state index >= 15 is 0 Å². The molecule has 0 saturated heterocycles. The average molecular weight is 397 g/mol. The Morgan fingerprint density at radius 1 is 1.21 bits per heavy atom. The molecule has 7 nitrogen and oxygen atoms in total. The van der Waals surface area contributed by atoms with Crippen LogP contribution in [0, 0.1) is 25.2 Å². The fourth-order valence-electron chi connectivity index (χ4n) is 3.09. The molecule has 1 radical (unpaired) electrons. The van der Waals surface area contributed by atoms with Crippen LogP contribution >= 0.6 is 0 Å². The molecule has 0 amide bonds. The Labute approximate surface area is 167 Å². The Kier molecular flexibility index (Phi) is 6.07. The SMILES string of the molecule is COc1cc(CCC#N)c2c(c1)[N]C([S+]([O-])Cc1ncc(C)c(OC)c1C)=N2. The average Bonchev–Trinajstić information content (AvgIpc) is 3.13. The van der Waals surface area contributed by atoms with Gasteiger partial charge in [-0.25, -0.2) is 0 Å². The van der Waals surface area contributed by atoms with Crippen LogP contribution in [0.25, 0.3) is 0 Å². The van der Waals surface area contributed by atoms with E-state index in [2.05, 4.69) is 21.4 Å². The van der Waals surface area contributed by atoms with E-state index in [4.69, 9.17) is 14.7 Å². The number of hydrogen-bond donors (Lipinski definition) is 0. The molecule has 0 spiro atoms. The second-order valence-corrected chi connectivity index (χ2v) is 7.70. The molecule has 1 aliphatic heterocycles. The second-order valence-electron chi connectivity index (χ2n) is 6.35. The largest absolute Gasteiger partial charge is 0.609 e. The van der Waals surface area contributed by atoms with E-state index in [0.717, 1.165) is 22.4 Å². The molecule has 3 rings (SSSR count). The maximum absolute atomic E-state index is 12.9. The molecule has 0 fully saturated rings. The monoisotopic (exact) mass is 397 g/mol. The van der Waals surface area contributed by atoms with Crippen LogP contribution in [0.5, 0.6) is 11.5 Å². The van der Waals surface area contributed by atoms with E-state index in [9.17, 15) is 4.55 Å². The van der Waals surface area contributed by atoms with Crippen molar-refractivity contribution in [2.45, 2.75) is 32.4 Å². The predicted octanol–water partition coefficient (Wildman–Crippen LogP) is 3.36. The van der Waals surface area contributed by atoms with Gasteiger partial charge in [-0.3, -0.25) is 4.98 Å². The molecular weight excluding hydrogens is 376 g/mol. The molecule has 1 atom stereocenters. The van der Waals surface area contributed by atoms with Crippen LogP contribution in [0.3, 0.4) is 0 Å². The van der Waals surface area contributed by atoms with Crippen LogP contribution in [0.4, 0.5) is 11.4 Å². The molecule has 0 aliphatic carbocycles. The number of rotatable bonds is 6. The van der Waals surface area contributed by atoms with Crippen molar-refractivity contribution in [3.8, 4) is 17.6 Å². The summed E-state index contributed by atoms with van der Waals surface area (Å²) >= 11 is -1.46. The highest BCUT2D eigenvalue weighted by molar-refractivity contribution is 8.05. The first-order chi connectivity index (χ1) is 13.5. The predicted molar refractivity (Wildman–Crippen MR) is 108 cm³/mol. The lowest BCUT2D eigenvalue weighted by atomic mass is 10.1. The number of nitriles is 1. The van der Waals surface area contributed by atoms with Crippen LogP contribution in [-0.4, -0.2) is 28.9 Å². The number of pyridine rings is 1. The van der Waals surface area contributed by atoms with Crippen molar-refractivity contribution in [2.24, 2.45) is 4.99 Å². The fraction of sp³-hybridized carbons (Fsp3) is 0.350. The Balaban J connectivity index is 1.86. The molecule has 1 aromatic heterocycles. The van der Waals surface area contributed by atoms with Gasteiger partial charge in [0.05, 0.1) is 37.4 Å². The number of ether oxygens (including phenoxy) is 2. The number of benzene rings is 1. The van der Waals surface area contributed by atoms with Gasteiger partial charge in [-0.05, 0) is 31.9 Å². The third-order valence-corrected chi connectivity index (χ3v) is 5.65. The minimum Gasteiger partial charge on any atom is -0.609 e. The summed E-state index contributed by atoms with van der Waals surface area (Å²) in [5.41, 5.74) is 4.62. The number of amidine groups is 1. The van der Waals surface area contributed by atoms with Gasteiger partial charge in [0, 0.05) is 41.0 Å². The quantitative estimate of drug-likeness (QED) is 0.695. The van der Waals surface area contributed by atoms with E-state index in [1.54, 1.807) is 26.5 Å². The van der Waals surface area contributed by atoms with Crippen molar-refractivity contribution in [3.63, 3.8) is 0 Å². The summed E-state index contributed by atoms with van der Waals surface area (Å²) in [7, 11) is 3.18. The van der Waals surface area contributed by atoms with E-state index in [1.807, 2.05) is 19.9 Å². The summed E-state index contributed by atoms with van der Waals surface area (Å²) in [6.07, 6.45) is 2.61. The molecular formula is C20H21N4O3S. The third kappa shape index (κ3) is 3.91. The van der Waals surface area contributed by atoms with Gasteiger partial charge >= 0.3 is 5.17 Å². The number of nitrogens with zero attached hydrogens (tertiary/aromatic N) is 4. The fourth-order valence-corrected chi connectivity index (χ4v) is 4.16. The molecule has 0 saturated carbocycles. The normalized spacial score (nSPS) is 13.2. The molecule has 145 valence electrons. The number of fused-ring (bicyclic) bond motifs is 1. The minimum absolute atomic E-state index is 0.198. The lowest BCUT2D eigenvalue weighted by Crippen LogP contribution is -2.22. The first-order valence-corrected chi connectivity index (χ1v) is 10.1. The van der Waals surface area contributed by atoms with E-state index in [1.165, 1.54) is 0 Å². The summed E-state index contributed by atoms with van der Waals surface area (Å²) < 4.78 is 23.7. The molecule has 1 unspecified atom stereocenters. The van der Waals surface area contributed by atoms with Gasteiger partial charge in [-0.15, -0.1) is 0 Å². The van der Waals surface area contributed by atoms with Crippen LogP contribution in [0.15, 0.2) is 23.3 Å². The van der Waals surface area contributed by atoms with E-state index < -0.39 is 11.2 Å². The Morgan fingerprint density at radius 2 is 2.00 bits per heavy atom. The van der Waals surface area contributed by atoms with Crippen molar-refractivity contribution in [2.75, 3.05) is 14.2 Å². The van der Waals surface area contributed by atoms with Crippen molar-refractivity contribution in [3.05, 3.63) is 40.7 Å². The summed E-state index contributed by atoms with van der Waals surface area (Å²) in [6, 6.07) is 5.74. The summed E-state index contributed by atoms with van der Waals surface area (Å²) in [4.78, 5) is 8.90. The molecule has 2 heterocycles. The Morgan fingerprint density at radius 3 is 2.68 bits per heavy atom. The molecule has 0 N–H and O–H groups in total. The number of hydrogen-bond acceptors (Lipinski definition) is 6. The molecule has 2 aromatic rings. The van der Waals surface area contributed by atoms with Crippen LogP contribution in [0.2, 0.25) is 0 Å². The van der Waals surface area contributed by atoms with Gasteiger partial charge in [0.25, 0.3) is 0 Å². The molecule has 28 heavy (non-hydrogen) atoms. The van der Waals surface area contributed by atoms with Gasteiger partial charge in [0.1, 0.15) is 11.5 Å². The highest BCUT2D eigenvalue weighted by atomic mass is 32.2. The van der Waals surface area contributed by atoms with E-state index in [0.29, 0.717) is 35.7 Å². The standard InChI is InChI=1S/C20H21N4O3S/c1-12-10-22-17(13(2)19(12)27-4)11-28(25)20-23-16-9-15(26-3)8-14(6-5-7-21)18(16)24-20/h8-10H,5-6,11H2,1-4H3. The third-order valence-electron chi connectivity index (χ3n) is 4.53. The van der Waals surface area contributed by atoms with Gasteiger partial charge in [0.2, 0.25) is 0 Å². The summed E-state index contributed by atoms with van der Waals surface area (Å²) in [6.45, 7) is 3.82. The highest BCUT2D eigenvalue weighted by Crippen LogP contribution is 2.39. The van der Waals surface area contributed by atoms with Gasteiger partial charge in [-0.1, -0.05) is 0 Å². The highest BCUT2D eigenvalue weighted by Gasteiger charge is 2.30. The topological polar surface area (TPSA) is 105 Å².